The summed E-state index contributed by atoms with van der Waals surface area (Å²) in [5, 5.41) is 13.8. The van der Waals surface area contributed by atoms with Crippen molar-refractivity contribution in [3.8, 4) is 11.1 Å². The van der Waals surface area contributed by atoms with Gasteiger partial charge in [-0.1, -0.05) is 81.5 Å². The Morgan fingerprint density at radius 1 is 1.11 bits per heavy atom. The molecule has 3 aromatic rings. The van der Waals surface area contributed by atoms with Crippen molar-refractivity contribution in [2.45, 2.75) is 83.6 Å². The lowest BCUT2D eigenvalue weighted by molar-refractivity contribution is -0.0295. The molecule has 0 radical (unpaired) electrons. The van der Waals surface area contributed by atoms with Crippen LogP contribution >= 0.6 is 0 Å². The van der Waals surface area contributed by atoms with E-state index in [-0.39, 0.29) is 23.9 Å². The summed E-state index contributed by atoms with van der Waals surface area (Å²) in [6, 6.07) is 14.3. The lowest BCUT2D eigenvalue weighted by Gasteiger charge is -2.23. The van der Waals surface area contributed by atoms with Crippen LogP contribution in [0.3, 0.4) is 0 Å². The molecule has 192 valence electrons. The summed E-state index contributed by atoms with van der Waals surface area (Å²) in [4.78, 5) is 15.9. The van der Waals surface area contributed by atoms with E-state index in [2.05, 4.69) is 10.1 Å². The molecule has 5 nitrogen and oxygen atoms in total. The Morgan fingerprint density at radius 2 is 1.81 bits per heavy atom. The van der Waals surface area contributed by atoms with Gasteiger partial charge in [0, 0.05) is 12.8 Å². The molecule has 0 amide bonds. The maximum atomic E-state index is 15.2. The number of alkyl halides is 2. The smallest absolute Gasteiger partial charge is 0.336 e. The first kappa shape index (κ1) is 26.0. The number of rotatable bonds is 10. The van der Waals surface area contributed by atoms with E-state index in [0.29, 0.717) is 30.1 Å². The molecular weight excluding hydrogens is 460 g/mol. The third-order valence-corrected chi connectivity index (χ3v) is 7.41. The van der Waals surface area contributed by atoms with E-state index < -0.39 is 11.9 Å². The van der Waals surface area contributed by atoms with Crippen molar-refractivity contribution < 1.29 is 18.7 Å². The fourth-order valence-corrected chi connectivity index (χ4v) is 5.04. The molecule has 0 bridgehead atoms. The minimum atomic E-state index is -3.05. The second-order valence-corrected chi connectivity index (χ2v) is 10.0. The number of benzene rings is 2. The summed E-state index contributed by atoms with van der Waals surface area (Å²) in [6.45, 7) is 3.97. The highest BCUT2D eigenvalue weighted by Crippen LogP contribution is 2.36. The van der Waals surface area contributed by atoms with Gasteiger partial charge in [-0.25, -0.2) is 14.5 Å². The highest BCUT2D eigenvalue weighted by Gasteiger charge is 2.38. The van der Waals surface area contributed by atoms with Gasteiger partial charge in [-0.15, -0.1) is 5.10 Å². The molecule has 1 atom stereocenters. The van der Waals surface area contributed by atoms with Gasteiger partial charge in [0.25, 0.3) is 0 Å². The number of carboxylic acids is 1. The summed E-state index contributed by atoms with van der Waals surface area (Å²) >= 11 is 0. The number of carbonyl (C=O) groups is 1. The average molecular weight is 496 g/mol. The Labute approximate surface area is 211 Å². The Kier molecular flexibility index (Phi) is 8.17. The predicted molar refractivity (Wildman–Crippen MR) is 136 cm³/mol. The number of halogens is 2. The molecular formula is C29H35F2N3O2. The van der Waals surface area contributed by atoms with Crippen molar-refractivity contribution in [3.63, 3.8) is 0 Å². The zero-order chi connectivity index (χ0) is 25.7. The van der Waals surface area contributed by atoms with Gasteiger partial charge in [0.1, 0.15) is 5.82 Å². The van der Waals surface area contributed by atoms with Crippen LogP contribution in [0.4, 0.5) is 8.78 Å². The third kappa shape index (κ3) is 6.00. The van der Waals surface area contributed by atoms with Crippen LogP contribution in [0.1, 0.15) is 98.8 Å². The van der Waals surface area contributed by atoms with E-state index >= 15 is 8.78 Å². The monoisotopic (exact) mass is 495 g/mol. The van der Waals surface area contributed by atoms with Crippen molar-refractivity contribution in [1.29, 1.82) is 0 Å². The first-order chi connectivity index (χ1) is 17.3. The van der Waals surface area contributed by atoms with Gasteiger partial charge in [0.15, 0.2) is 0 Å². The third-order valence-electron chi connectivity index (χ3n) is 7.41. The van der Waals surface area contributed by atoms with E-state index in [0.717, 1.165) is 43.2 Å². The van der Waals surface area contributed by atoms with Crippen molar-refractivity contribution in [1.82, 2.24) is 14.8 Å². The van der Waals surface area contributed by atoms with E-state index in [1.54, 1.807) is 28.9 Å². The molecule has 1 aromatic heterocycles. The molecule has 1 heterocycles. The fraction of sp³-hybridized carbons (Fsp3) is 0.483. The molecule has 2 aromatic carbocycles. The van der Waals surface area contributed by atoms with Crippen molar-refractivity contribution in [2.24, 2.45) is 5.92 Å². The van der Waals surface area contributed by atoms with Crippen molar-refractivity contribution >= 4 is 5.97 Å². The van der Waals surface area contributed by atoms with E-state index in [1.165, 1.54) is 6.42 Å². The van der Waals surface area contributed by atoms with Gasteiger partial charge in [-0.3, -0.25) is 0 Å². The number of hydrogen-bond donors (Lipinski definition) is 1. The molecule has 0 saturated heterocycles. The molecule has 1 aliphatic carbocycles. The molecule has 1 saturated carbocycles. The summed E-state index contributed by atoms with van der Waals surface area (Å²) in [7, 11) is 0. The number of hydrogen-bond acceptors (Lipinski definition) is 3. The molecule has 0 aliphatic heterocycles. The van der Waals surface area contributed by atoms with Gasteiger partial charge in [-0.05, 0) is 48.4 Å². The van der Waals surface area contributed by atoms with Crippen LogP contribution in [0, 0.1) is 5.92 Å². The minimum Gasteiger partial charge on any atom is -0.478 e. The summed E-state index contributed by atoms with van der Waals surface area (Å²) in [6.07, 6.45) is 7.02. The summed E-state index contributed by atoms with van der Waals surface area (Å²) in [5.41, 5.74) is 2.57. The highest BCUT2D eigenvalue weighted by molar-refractivity contribution is 5.95. The average Bonchev–Trinajstić information content (AvgIpc) is 3.33. The van der Waals surface area contributed by atoms with Gasteiger partial charge in [0.05, 0.1) is 11.6 Å². The Bertz CT molecular complexity index is 1170. The normalized spacial score (nSPS) is 15.7. The van der Waals surface area contributed by atoms with Crippen LogP contribution in [0.2, 0.25) is 0 Å². The van der Waals surface area contributed by atoms with Gasteiger partial charge >= 0.3 is 11.9 Å². The first-order valence-electron chi connectivity index (χ1n) is 13.0. The second-order valence-electron chi connectivity index (χ2n) is 10.0. The number of carboxylic acid groups (broad SMARTS) is 1. The number of nitrogens with zero attached hydrogens (tertiary/aromatic N) is 3. The van der Waals surface area contributed by atoms with Crippen LogP contribution in [0.15, 0.2) is 48.5 Å². The molecule has 36 heavy (non-hydrogen) atoms. The molecule has 4 rings (SSSR count). The van der Waals surface area contributed by atoms with Gasteiger partial charge in [0.2, 0.25) is 5.82 Å². The first-order valence-corrected chi connectivity index (χ1v) is 13.0. The lowest BCUT2D eigenvalue weighted by atomic mass is 9.85. The Morgan fingerprint density at radius 3 is 2.47 bits per heavy atom. The van der Waals surface area contributed by atoms with Crippen molar-refractivity contribution in [2.75, 3.05) is 0 Å². The maximum absolute atomic E-state index is 15.2. The van der Waals surface area contributed by atoms with Crippen LogP contribution < -0.4 is 0 Å². The van der Waals surface area contributed by atoms with E-state index in [1.807, 2.05) is 38.1 Å². The van der Waals surface area contributed by atoms with Crippen molar-refractivity contribution in [3.05, 3.63) is 71.3 Å². The summed E-state index contributed by atoms with van der Waals surface area (Å²) < 4.78 is 32.0. The fourth-order valence-electron chi connectivity index (χ4n) is 5.04. The maximum Gasteiger partial charge on any atom is 0.336 e. The Balaban J connectivity index is 1.54. The molecule has 1 unspecified atom stereocenters. The van der Waals surface area contributed by atoms with Crippen LogP contribution in [0.25, 0.3) is 11.1 Å². The topological polar surface area (TPSA) is 68.0 Å². The van der Waals surface area contributed by atoms with Gasteiger partial charge < -0.3 is 5.11 Å². The largest absolute Gasteiger partial charge is 0.478 e. The zero-order valence-electron chi connectivity index (χ0n) is 21.1. The van der Waals surface area contributed by atoms with Crippen LogP contribution in [0.5, 0.6) is 0 Å². The lowest BCUT2D eigenvalue weighted by Crippen LogP contribution is -2.19. The highest BCUT2D eigenvalue weighted by atomic mass is 19.3. The van der Waals surface area contributed by atoms with Crippen LogP contribution in [-0.4, -0.2) is 25.8 Å². The zero-order valence-corrected chi connectivity index (χ0v) is 21.1. The standard InChI is InChI=1S/C29H35F2N3O2/c1-3-20(2)34-26(32-28(33-34)29(30,31)18-17-21-9-5-4-6-10-21)19-22-13-15-23(16-14-22)24-11-7-8-12-25(24)27(35)36/h7-8,11-16,20-21H,3-6,9-10,17-19H2,1-2H3,(H,35,36). The quantitative estimate of drug-likeness (QED) is 0.313. The molecule has 1 fully saturated rings. The predicted octanol–water partition coefficient (Wildman–Crippen LogP) is 7.66. The van der Waals surface area contributed by atoms with E-state index in [4.69, 9.17) is 0 Å². The van der Waals surface area contributed by atoms with Gasteiger partial charge in [-0.2, -0.15) is 8.78 Å². The van der Waals surface area contributed by atoms with Crippen LogP contribution in [-0.2, 0) is 12.3 Å². The summed E-state index contributed by atoms with van der Waals surface area (Å²) in [5.74, 6) is -3.50. The molecule has 7 heteroatoms. The van der Waals surface area contributed by atoms with E-state index in [9.17, 15) is 9.90 Å². The molecule has 1 aliphatic rings. The number of aromatic carboxylic acids is 1. The minimum absolute atomic E-state index is 0.0443. The Hall–Kier alpha value is -3.09. The second kappa shape index (κ2) is 11.3. The molecule has 1 N–H and O–H groups in total. The molecule has 0 spiro atoms. The number of aromatic nitrogens is 3. The SMILES string of the molecule is CCC(C)n1nc(C(F)(F)CCC2CCCCC2)nc1Cc1ccc(-c2ccccc2C(=O)O)cc1.